The third-order valence-electron chi connectivity index (χ3n) is 7.51. The average molecular weight is 546 g/mol. The monoisotopic (exact) mass is 545 g/mol. The zero-order valence-corrected chi connectivity index (χ0v) is 23.5. The third-order valence-corrected chi connectivity index (χ3v) is 7.51. The van der Waals surface area contributed by atoms with Crippen LogP contribution in [-0.4, -0.2) is 29.4 Å². The smallest absolute Gasteiger partial charge is 0.340 e. The molecule has 212 valence electrons. The minimum Gasteiger partial charge on any atom is -0.467 e. The molecule has 3 aromatic rings. The molecule has 1 saturated carbocycles. The molecule has 1 aliphatic rings. The van der Waals surface area contributed by atoms with Crippen molar-refractivity contribution in [2.75, 3.05) is 6.61 Å². The molecule has 2 aromatic heterocycles. The van der Waals surface area contributed by atoms with Crippen molar-refractivity contribution in [1.29, 1.82) is 0 Å². The third kappa shape index (κ3) is 6.97. The Morgan fingerprint density at radius 1 is 1.00 bits per heavy atom. The Bertz CT molecular complexity index is 1310. The summed E-state index contributed by atoms with van der Waals surface area (Å²) in [5.41, 5.74) is 9.18. The van der Waals surface area contributed by atoms with Crippen LogP contribution in [0.25, 0.3) is 11.1 Å². The Morgan fingerprint density at radius 3 is 2.35 bits per heavy atom. The molecule has 3 N–H and O–H groups in total. The van der Waals surface area contributed by atoms with Crippen LogP contribution in [0.1, 0.15) is 107 Å². The molecule has 2 heterocycles. The van der Waals surface area contributed by atoms with Gasteiger partial charge in [-0.15, -0.1) is 0 Å². The van der Waals surface area contributed by atoms with E-state index < -0.39 is 11.9 Å². The molecule has 0 spiro atoms. The predicted molar refractivity (Wildman–Crippen MR) is 153 cm³/mol. The van der Waals surface area contributed by atoms with E-state index in [1.807, 2.05) is 6.92 Å². The average Bonchev–Trinajstić information content (AvgIpc) is 3.49. The number of hydrogen-bond donors (Lipinski definition) is 2. The summed E-state index contributed by atoms with van der Waals surface area (Å²) in [4.78, 5) is 43.9. The maximum Gasteiger partial charge on any atom is 0.340 e. The number of furan rings is 1. The molecule has 0 atom stereocenters. The standard InChI is InChI=1S/C32H39N3O5/c1-3-9-25-28(30(33)36)27(22-14-16-23(17-15-22)31(37)34-20-24-12-8-19-40-24)29(32(38)39-4-2)26(35-25)18-13-21-10-6-5-7-11-21/h8,12,14-17,19,21H,3-7,9-11,13,18,20H2,1-2H3,(H2,33,36)(H,34,37). The van der Waals surface area contributed by atoms with Gasteiger partial charge in [-0.1, -0.05) is 57.6 Å². The van der Waals surface area contributed by atoms with Crippen molar-refractivity contribution >= 4 is 17.8 Å². The van der Waals surface area contributed by atoms with E-state index in [2.05, 4.69) is 5.32 Å². The predicted octanol–water partition coefficient (Wildman–Crippen LogP) is 6.01. The first-order chi connectivity index (χ1) is 19.4. The van der Waals surface area contributed by atoms with E-state index in [9.17, 15) is 14.4 Å². The van der Waals surface area contributed by atoms with Crippen LogP contribution in [0.3, 0.4) is 0 Å². The summed E-state index contributed by atoms with van der Waals surface area (Å²) in [5.74, 6) is -0.182. The van der Waals surface area contributed by atoms with Gasteiger partial charge in [0.05, 0.1) is 41.9 Å². The van der Waals surface area contributed by atoms with E-state index in [0.29, 0.717) is 58.2 Å². The molecule has 8 heteroatoms. The first-order valence-electron chi connectivity index (χ1n) is 14.4. The largest absolute Gasteiger partial charge is 0.467 e. The highest BCUT2D eigenvalue weighted by atomic mass is 16.5. The van der Waals surface area contributed by atoms with Gasteiger partial charge in [-0.3, -0.25) is 14.6 Å². The number of nitrogens with zero attached hydrogens (tertiary/aromatic N) is 1. The summed E-state index contributed by atoms with van der Waals surface area (Å²) in [5, 5.41) is 2.83. The van der Waals surface area contributed by atoms with Crippen LogP contribution in [0.4, 0.5) is 0 Å². The van der Waals surface area contributed by atoms with Crippen molar-refractivity contribution < 1.29 is 23.5 Å². The Balaban J connectivity index is 1.75. The van der Waals surface area contributed by atoms with Gasteiger partial charge in [0.1, 0.15) is 5.76 Å². The lowest BCUT2D eigenvalue weighted by atomic mass is 9.84. The first kappa shape index (κ1) is 29.1. The number of benzene rings is 1. The van der Waals surface area contributed by atoms with Crippen molar-refractivity contribution in [1.82, 2.24) is 10.3 Å². The summed E-state index contributed by atoms with van der Waals surface area (Å²) in [7, 11) is 0. The van der Waals surface area contributed by atoms with Gasteiger partial charge < -0.3 is 20.2 Å². The lowest BCUT2D eigenvalue weighted by molar-refractivity contribution is 0.0525. The quantitative estimate of drug-likeness (QED) is 0.269. The number of nitrogens with one attached hydrogen (secondary N) is 1. The summed E-state index contributed by atoms with van der Waals surface area (Å²) >= 11 is 0. The number of hydrogen-bond acceptors (Lipinski definition) is 6. The fraction of sp³-hybridized carbons (Fsp3) is 0.438. The van der Waals surface area contributed by atoms with Gasteiger partial charge in [0.25, 0.3) is 11.8 Å². The molecule has 1 aromatic carbocycles. The molecular weight excluding hydrogens is 506 g/mol. The number of aromatic nitrogens is 1. The first-order valence-corrected chi connectivity index (χ1v) is 14.4. The van der Waals surface area contributed by atoms with E-state index in [4.69, 9.17) is 19.9 Å². The minimum absolute atomic E-state index is 0.192. The molecule has 2 amide bonds. The fourth-order valence-corrected chi connectivity index (χ4v) is 5.55. The highest BCUT2D eigenvalue weighted by Gasteiger charge is 2.29. The number of pyridine rings is 1. The molecule has 0 saturated heterocycles. The molecule has 0 unspecified atom stereocenters. The Kier molecular flexibility index (Phi) is 10.1. The van der Waals surface area contributed by atoms with Crippen LogP contribution < -0.4 is 11.1 Å². The van der Waals surface area contributed by atoms with Gasteiger partial charge in [-0.05, 0) is 61.9 Å². The van der Waals surface area contributed by atoms with Crippen molar-refractivity contribution in [2.24, 2.45) is 11.7 Å². The topological polar surface area (TPSA) is 125 Å². The highest BCUT2D eigenvalue weighted by molar-refractivity contribution is 6.08. The van der Waals surface area contributed by atoms with Crippen molar-refractivity contribution in [3.05, 3.63) is 76.5 Å². The van der Waals surface area contributed by atoms with Crippen LogP contribution in [0.15, 0.2) is 47.1 Å². The number of amides is 2. The summed E-state index contributed by atoms with van der Waals surface area (Å²) in [6.07, 6.45) is 10.5. The number of rotatable bonds is 12. The van der Waals surface area contributed by atoms with Crippen LogP contribution in [0.5, 0.6) is 0 Å². The number of nitrogens with two attached hydrogens (primary N) is 1. The van der Waals surface area contributed by atoms with E-state index in [1.165, 1.54) is 32.1 Å². The van der Waals surface area contributed by atoms with E-state index in [0.717, 1.165) is 12.8 Å². The van der Waals surface area contributed by atoms with Crippen molar-refractivity contribution in [3.8, 4) is 11.1 Å². The maximum absolute atomic E-state index is 13.4. The summed E-state index contributed by atoms with van der Waals surface area (Å²) in [6, 6.07) is 10.4. The zero-order chi connectivity index (χ0) is 28.5. The highest BCUT2D eigenvalue weighted by Crippen LogP contribution is 2.35. The SMILES string of the molecule is CCCc1nc(CCC2CCCCC2)c(C(=O)OCC)c(-c2ccc(C(=O)NCc3ccco3)cc2)c1C(N)=O. The Morgan fingerprint density at radius 2 is 1.73 bits per heavy atom. The van der Waals surface area contributed by atoms with E-state index >= 15 is 0 Å². The Labute approximate surface area is 235 Å². The second-order valence-corrected chi connectivity index (χ2v) is 10.3. The normalized spacial score (nSPS) is 13.7. The van der Waals surface area contributed by atoms with Crippen molar-refractivity contribution in [2.45, 2.75) is 78.2 Å². The second kappa shape index (κ2) is 13.9. The lowest BCUT2D eigenvalue weighted by Crippen LogP contribution is -2.23. The minimum atomic E-state index is -0.643. The van der Waals surface area contributed by atoms with Crippen LogP contribution >= 0.6 is 0 Å². The van der Waals surface area contributed by atoms with Gasteiger partial charge in [-0.25, -0.2) is 4.79 Å². The molecule has 0 bridgehead atoms. The number of aryl methyl sites for hydroxylation is 2. The van der Waals surface area contributed by atoms with Gasteiger partial charge in [0.2, 0.25) is 0 Å². The fourth-order valence-electron chi connectivity index (χ4n) is 5.55. The van der Waals surface area contributed by atoms with Gasteiger partial charge in [0, 0.05) is 11.1 Å². The van der Waals surface area contributed by atoms with E-state index in [1.54, 1.807) is 49.6 Å². The van der Waals surface area contributed by atoms with Crippen LogP contribution in [0.2, 0.25) is 0 Å². The maximum atomic E-state index is 13.4. The molecule has 8 nitrogen and oxygen atoms in total. The number of carbonyl (C=O) groups is 3. The number of ether oxygens (including phenoxy) is 1. The lowest BCUT2D eigenvalue weighted by Gasteiger charge is -2.23. The Hall–Kier alpha value is -3.94. The van der Waals surface area contributed by atoms with Crippen molar-refractivity contribution in [3.63, 3.8) is 0 Å². The molecule has 4 rings (SSSR count). The van der Waals surface area contributed by atoms with E-state index in [-0.39, 0.29) is 24.6 Å². The molecular formula is C32H39N3O5. The van der Waals surface area contributed by atoms with Crippen LogP contribution in [0, 0.1) is 5.92 Å². The van der Waals surface area contributed by atoms with Gasteiger partial charge in [-0.2, -0.15) is 0 Å². The number of esters is 1. The summed E-state index contributed by atoms with van der Waals surface area (Å²) in [6.45, 7) is 4.23. The second-order valence-electron chi connectivity index (χ2n) is 10.3. The van der Waals surface area contributed by atoms with Gasteiger partial charge >= 0.3 is 5.97 Å². The molecule has 0 aliphatic heterocycles. The number of primary amides is 1. The molecule has 1 aliphatic carbocycles. The number of carbonyl (C=O) groups excluding carboxylic acids is 3. The molecule has 40 heavy (non-hydrogen) atoms. The summed E-state index contributed by atoms with van der Waals surface area (Å²) < 4.78 is 10.8. The zero-order valence-electron chi connectivity index (χ0n) is 23.5. The van der Waals surface area contributed by atoms with Gasteiger partial charge in [0.15, 0.2) is 0 Å². The molecule has 0 radical (unpaired) electrons. The van der Waals surface area contributed by atoms with Crippen LogP contribution in [-0.2, 0) is 24.1 Å². The molecule has 1 fully saturated rings.